The molecule has 0 heterocycles. The van der Waals surface area contributed by atoms with E-state index in [1.54, 1.807) is 14.2 Å². The molecule has 2 N–H and O–H groups in total. The predicted molar refractivity (Wildman–Crippen MR) is 76.6 cm³/mol. The first-order valence-corrected chi connectivity index (χ1v) is 6.82. The minimum Gasteiger partial charge on any atom is -0.497 e. The zero-order valence-corrected chi connectivity index (χ0v) is 12.1. The Balaban J connectivity index is 2.12. The molecule has 0 saturated heterocycles. The van der Waals surface area contributed by atoms with Crippen molar-refractivity contribution >= 4 is 0 Å². The largest absolute Gasteiger partial charge is 0.497 e. The first kappa shape index (κ1) is 14.2. The molecule has 2 atom stereocenters. The van der Waals surface area contributed by atoms with E-state index in [0.717, 1.165) is 30.0 Å². The molecule has 0 bridgehead atoms. The Hall–Kier alpha value is -1.26. The number of nitrogens with zero attached hydrogens (tertiary/aromatic N) is 1. The van der Waals surface area contributed by atoms with E-state index in [9.17, 15) is 0 Å². The molecule has 1 aromatic rings. The lowest BCUT2D eigenvalue weighted by Gasteiger charge is -2.28. The van der Waals surface area contributed by atoms with Crippen LogP contribution in [0, 0.1) is 0 Å². The second-order valence-electron chi connectivity index (χ2n) is 5.25. The Kier molecular flexibility index (Phi) is 4.66. The van der Waals surface area contributed by atoms with Gasteiger partial charge in [0.2, 0.25) is 0 Å². The number of hydrogen-bond donors (Lipinski definition) is 1. The van der Waals surface area contributed by atoms with Crippen molar-refractivity contribution in [3.8, 4) is 11.5 Å². The van der Waals surface area contributed by atoms with E-state index in [1.165, 1.54) is 12.8 Å². The molecule has 1 aliphatic rings. The minimum atomic E-state index is 0.293. The number of hydrogen-bond acceptors (Lipinski definition) is 4. The molecule has 0 aliphatic heterocycles. The third-order valence-electron chi connectivity index (χ3n) is 4.01. The van der Waals surface area contributed by atoms with Crippen molar-refractivity contribution in [2.45, 2.75) is 37.9 Å². The van der Waals surface area contributed by atoms with Gasteiger partial charge in [-0.15, -0.1) is 0 Å². The third kappa shape index (κ3) is 3.19. The Morgan fingerprint density at radius 2 is 2.05 bits per heavy atom. The molecule has 0 amide bonds. The summed E-state index contributed by atoms with van der Waals surface area (Å²) in [7, 11) is 5.52. The lowest BCUT2D eigenvalue weighted by Crippen LogP contribution is -2.41. The van der Waals surface area contributed by atoms with Gasteiger partial charge in [0, 0.05) is 24.2 Å². The van der Waals surface area contributed by atoms with Crippen molar-refractivity contribution in [2.24, 2.45) is 5.73 Å². The SMILES string of the molecule is COc1ccc(OC)c(CN(C)C2CCCC2N)c1. The summed E-state index contributed by atoms with van der Waals surface area (Å²) in [6.45, 7) is 0.832. The van der Waals surface area contributed by atoms with Gasteiger partial charge in [0.25, 0.3) is 0 Å². The maximum atomic E-state index is 6.16. The van der Waals surface area contributed by atoms with Gasteiger partial charge in [0.05, 0.1) is 14.2 Å². The summed E-state index contributed by atoms with van der Waals surface area (Å²) in [6, 6.07) is 6.67. The molecule has 4 heteroatoms. The molecule has 1 saturated carbocycles. The van der Waals surface area contributed by atoms with Crippen LogP contribution in [0.2, 0.25) is 0 Å². The van der Waals surface area contributed by atoms with E-state index in [0.29, 0.717) is 12.1 Å². The van der Waals surface area contributed by atoms with Crippen LogP contribution in [0.25, 0.3) is 0 Å². The number of benzene rings is 1. The smallest absolute Gasteiger partial charge is 0.123 e. The summed E-state index contributed by atoms with van der Waals surface area (Å²) < 4.78 is 10.7. The number of rotatable bonds is 5. The number of ether oxygens (including phenoxy) is 2. The van der Waals surface area contributed by atoms with Crippen LogP contribution in [-0.4, -0.2) is 38.3 Å². The number of nitrogens with two attached hydrogens (primary N) is 1. The maximum Gasteiger partial charge on any atom is 0.123 e. The van der Waals surface area contributed by atoms with Crippen LogP contribution < -0.4 is 15.2 Å². The van der Waals surface area contributed by atoms with E-state index in [1.807, 2.05) is 18.2 Å². The van der Waals surface area contributed by atoms with Gasteiger partial charge < -0.3 is 15.2 Å². The molecule has 2 rings (SSSR count). The van der Waals surface area contributed by atoms with Crippen LogP contribution in [0.1, 0.15) is 24.8 Å². The maximum absolute atomic E-state index is 6.16. The minimum absolute atomic E-state index is 0.293. The van der Waals surface area contributed by atoms with E-state index >= 15 is 0 Å². The van der Waals surface area contributed by atoms with Gasteiger partial charge in [-0.25, -0.2) is 0 Å². The highest BCUT2D eigenvalue weighted by Crippen LogP contribution is 2.28. The second kappa shape index (κ2) is 6.26. The fourth-order valence-corrected chi connectivity index (χ4v) is 2.91. The first-order chi connectivity index (χ1) is 9.15. The molecule has 19 heavy (non-hydrogen) atoms. The van der Waals surface area contributed by atoms with Crippen molar-refractivity contribution in [3.63, 3.8) is 0 Å². The van der Waals surface area contributed by atoms with Crippen LogP contribution >= 0.6 is 0 Å². The van der Waals surface area contributed by atoms with E-state index < -0.39 is 0 Å². The molecule has 0 radical (unpaired) electrons. The van der Waals surface area contributed by atoms with Crippen LogP contribution in [0.4, 0.5) is 0 Å². The van der Waals surface area contributed by atoms with E-state index in [4.69, 9.17) is 15.2 Å². The summed E-state index contributed by atoms with van der Waals surface area (Å²) in [5.74, 6) is 1.76. The quantitative estimate of drug-likeness (QED) is 0.884. The zero-order chi connectivity index (χ0) is 13.8. The van der Waals surface area contributed by atoms with Crippen molar-refractivity contribution < 1.29 is 9.47 Å². The summed E-state index contributed by atoms with van der Waals surface area (Å²) in [6.07, 6.45) is 3.54. The summed E-state index contributed by atoms with van der Waals surface area (Å²) in [5, 5.41) is 0. The Labute approximate surface area is 115 Å². The topological polar surface area (TPSA) is 47.7 Å². The van der Waals surface area contributed by atoms with E-state index in [2.05, 4.69) is 11.9 Å². The van der Waals surface area contributed by atoms with Gasteiger partial charge in [-0.2, -0.15) is 0 Å². The van der Waals surface area contributed by atoms with Crippen LogP contribution in [0.3, 0.4) is 0 Å². The normalized spacial score (nSPS) is 22.8. The summed E-state index contributed by atoms with van der Waals surface area (Å²) in [4.78, 5) is 2.33. The Morgan fingerprint density at radius 1 is 1.26 bits per heavy atom. The molecule has 0 spiro atoms. The second-order valence-corrected chi connectivity index (χ2v) is 5.25. The van der Waals surface area contributed by atoms with Crippen LogP contribution in [0.5, 0.6) is 11.5 Å². The van der Waals surface area contributed by atoms with Gasteiger partial charge >= 0.3 is 0 Å². The molecule has 106 valence electrons. The van der Waals surface area contributed by atoms with E-state index in [-0.39, 0.29) is 0 Å². The number of likely N-dealkylation sites (N-methyl/N-ethyl adjacent to an activating group) is 1. The van der Waals surface area contributed by atoms with Gasteiger partial charge in [0.15, 0.2) is 0 Å². The monoisotopic (exact) mass is 264 g/mol. The Bertz CT molecular complexity index is 423. The molecule has 0 aromatic heterocycles. The highest BCUT2D eigenvalue weighted by molar-refractivity contribution is 5.40. The molecule has 1 aromatic carbocycles. The van der Waals surface area contributed by atoms with Crippen molar-refractivity contribution in [1.29, 1.82) is 0 Å². The van der Waals surface area contributed by atoms with Gasteiger partial charge in [-0.05, 0) is 38.1 Å². The summed E-state index contributed by atoms with van der Waals surface area (Å²) >= 11 is 0. The van der Waals surface area contributed by atoms with Gasteiger partial charge in [0.1, 0.15) is 11.5 Å². The molecule has 4 nitrogen and oxygen atoms in total. The van der Waals surface area contributed by atoms with Crippen LogP contribution in [-0.2, 0) is 6.54 Å². The average molecular weight is 264 g/mol. The highest BCUT2D eigenvalue weighted by Gasteiger charge is 2.27. The van der Waals surface area contributed by atoms with Crippen molar-refractivity contribution in [3.05, 3.63) is 23.8 Å². The van der Waals surface area contributed by atoms with Crippen molar-refractivity contribution in [2.75, 3.05) is 21.3 Å². The first-order valence-electron chi connectivity index (χ1n) is 6.82. The zero-order valence-electron chi connectivity index (χ0n) is 12.1. The third-order valence-corrected chi connectivity index (χ3v) is 4.01. The lowest BCUT2D eigenvalue weighted by atomic mass is 10.1. The van der Waals surface area contributed by atoms with Gasteiger partial charge in [-0.1, -0.05) is 6.42 Å². The average Bonchev–Trinajstić information content (AvgIpc) is 2.85. The molecule has 1 fully saturated rings. The molecule has 1 aliphatic carbocycles. The molecular weight excluding hydrogens is 240 g/mol. The fourth-order valence-electron chi connectivity index (χ4n) is 2.91. The highest BCUT2D eigenvalue weighted by atomic mass is 16.5. The van der Waals surface area contributed by atoms with Crippen LogP contribution in [0.15, 0.2) is 18.2 Å². The Morgan fingerprint density at radius 3 is 2.63 bits per heavy atom. The molecular formula is C15H24N2O2. The number of methoxy groups -OCH3 is 2. The molecule has 2 unspecified atom stereocenters. The predicted octanol–water partition coefficient (Wildman–Crippen LogP) is 2.02. The standard InChI is InChI=1S/C15H24N2O2/c1-17(14-6-4-5-13(14)16)10-11-9-12(18-2)7-8-15(11)19-3/h7-9,13-14H,4-6,10,16H2,1-3H3. The van der Waals surface area contributed by atoms with Gasteiger partial charge in [-0.3, -0.25) is 4.90 Å². The summed E-state index contributed by atoms with van der Waals surface area (Å²) in [5.41, 5.74) is 7.30. The van der Waals surface area contributed by atoms with Crippen molar-refractivity contribution in [1.82, 2.24) is 4.90 Å². The lowest BCUT2D eigenvalue weighted by molar-refractivity contribution is 0.217. The fraction of sp³-hybridized carbons (Fsp3) is 0.600.